The molecule has 19 heavy (non-hydrogen) atoms. The number of rotatable bonds is 6. The average Bonchev–Trinajstić information content (AvgIpc) is 2.28. The van der Waals surface area contributed by atoms with Gasteiger partial charge in [-0.3, -0.25) is 0 Å². The van der Waals surface area contributed by atoms with Crippen molar-refractivity contribution in [2.24, 2.45) is 0 Å². The molecular weight excluding hydrogens is 287 g/mol. The number of halogens is 3. The minimum atomic E-state index is -5.15. The zero-order valence-electron chi connectivity index (χ0n) is 11.5. The van der Waals surface area contributed by atoms with Crippen LogP contribution in [-0.4, -0.2) is 33.9 Å². The summed E-state index contributed by atoms with van der Waals surface area (Å²) in [6.45, 7) is -3.29. The van der Waals surface area contributed by atoms with Gasteiger partial charge in [0.25, 0.3) is 0 Å². The van der Waals surface area contributed by atoms with E-state index in [2.05, 4.69) is 0 Å². The molecule has 0 N–H and O–H groups in total. The molecule has 0 saturated carbocycles. The van der Waals surface area contributed by atoms with E-state index in [1.807, 2.05) is 0 Å². The van der Waals surface area contributed by atoms with Gasteiger partial charge in [0.15, 0.2) is 0 Å². The second-order valence-electron chi connectivity index (χ2n) is 3.86. The van der Waals surface area contributed by atoms with Crippen LogP contribution >= 0.6 is 0 Å². The standard InChI is InChI=1S/C11H15BF3O3.K/c1-8(7-16-2)18-11-5-4-9(17-3)6-10(11)12(13,14)15;/h4-6,8H,7H2,1-3H3;/q-1;+1. The Morgan fingerprint density at radius 2 is 1.84 bits per heavy atom. The molecule has 0 heterocycles. The van der Waals surface area contributed by atoms with Crippen molar-refractivity contribution in [2.75, 3.05) is 20.8 Å². The second-order valence-corrected chi connectivity index (χ2v) is 3.86. The largest absolute Gasteiger partial charge is 1.00 e. The van der Waals surface area contributed by atoms with Crippen LogP contribution in [0.4, 0.5) is 12.9 Å². The SMILES string of the molecule is COCC(C)Oc1ccc(OC)cc1[B-](F)(F)F.[K+]. The molecule has 102 valence electrons. The van der Waals surface area contributed by atoms with Crippen molar-refractivity contribution in [3.05, 3.63) is 18.2 Å². The van der Waals surface area contributed by atoms with E-state index in [0.29, 0.717) is 0 Å². The van der Waals surface area contributed by atoms with Crippen LogP contribution in [0, 0.1) is 0 Å². The molecule has 8 heteroatoms. The van der Waals surface area contributed by atoms with Crippen molar-refractivity contribution in [1.29, 1.82) is 0 Å². The Kier molecular flexibility index (Phi) is 8.66. The summed E-state index contributed by atoms with van der Waals surface area (Å²) in [5, 5.41) is 0. The summed E-state index contributed by atoms with van der Waals surface area (Å²) in [5.74, 6) is -0.0520. The molecule has 0 bridgehead atoms. The molecule has 0 spiro atoms. The summed E-state index contributed by atoms with van der Waals surface area (Å²) in [5.41, 5.74) is -0.794. The summed E-state index contributed by atoms with van der Waals surface area (Å²) in [6, 6.07) is 3.63. The first kappa shape index (κ1) is 19.3. The minimum Gasteiger partial charge on any atom is -0.497 e. The Balaban J connectivity index is 0.00000324. The zero-order chi connectivity index (χ0) is 13.8. The Hall–Kier alpha value is 0.271. The molecule has 0 amide bonds. The molecule has 1 rings (SSSR count). The molecule has 3 nitrogen and oxygen atoms in total. The fraction of sp³-hybridized carbons (Fsp3) is 0.455. The minimum absolute atomic E-state index is 0. The molecule has 0 aromatic heterocycles. The van der Waals surface area contributed by atoms with Crippen molar-refractivity contribution < 1.29 is 78.5 Å². The molecule has 1 aromatic carbocycles. The normalized spacial score (nSPS) is 12.5. The van der Waals surface area contributed by atoms with Crippen LogP contribution in [0.25, 0.3) is 0 Å². The van der Waals surface area contributed by atoms with Gasteiger partial charge in [-0.2, -0.15) is 0 Å². The van der Waals surface area contributed by atoms with E-state index in [1.165, 1.54) is 26.4 Å². The molecule has 0 aliphatic heterocycles. The van der Waals surface area contributed by atoms with Gasteiger partial charge in [0, 0.05) is 7.11 Å². The van der Waals surface area contributed by atoms with Crippen molar-refractivity contribution >= 4 is 12.4 Å². The van der Waals surface area contributed by atoms with Gasteiger partial charge >= 0.3 is 58.4 Å². The molecule has 1 atom stereocenters. The molecule has 0 fully saturated rings. The van der Waals surface area contributed by atoms with Crippen LogP contribution in [0.3, 0.4) is 0 Å². The van der Waals surface area contributed by atoms with E-state index >= 15 is 0 Å². The topological polar surface area (TPSA) is 27.7 Å². The molecule has 0 aliphatic rings. The van der Waals surface area contributed by atoms with E-state index in [1.54, 1.807) is 6.92 Å². The third kappa shape index (κ3) is 6.05. The molecule has 1 aromatic rings. The smallest absolute Gasteiger partial charge is 0.497 e. The third-order valence-electron chi connectivity index (χ3n) is 2.30. The van der Waals surface area contributed by atoms with Crippen LogP contribution in [-0.2, 0) is 4.74 Å². The molecule has 1 unspecified atom stereocenters. The quantitative estimate of drug-likeness (QED) is 0.642. The van der Waals surface area contributed by atoms with Gasteiger partial charge in [-0.25, -0.2) is 0 Å². The van der Waals surface area contributed by atoms with Gasteiger partial charge in [-0.05, 0) is 25.1 Å². The zero-order valence-corrected chi connectivity index (χ0v) is 14.6. The van der Waals surface area contributed by atoms with Gasteiger partial charge in [0.1, 0.15) is 11.9 Å². The summed E-state index contributed by atoms with van der Waals surface area (Å²) < 4.78 is 53.5. The first-order valence-corrected chi connectivity index (χ1v) is 5.42. The Bertz CT molecular complexity index is 401. The number of benzene rings is 1. The van der Waals surface area contributed by atoms with Gasteiger partial charge in [-0.15, -0.1) is 0 Å². The second kappa shape index (κ2) is 8.53. The predicted octanol–water partition coefficient (Wildman–Crippen LogP) is -0.833. The van der Waals surface area contributed by atoms with Gasteiger partial charge < -0.3 is 27.2 Å². The fourth-order valence-electron chi connectivity index (χ4n) is 1.50. The van der Waals surface area contributed by atoms with Crippen molar-refractivity contribution in [3.63, 3.8) is 0 Å². The van der Waals surface area contributed by atoms with E-state index in [-0.39, 0.29) is 69.5 Å². The maximum absolute atomic E-state index is 12.9. The van der Waals surface area contributed by atoms with Crippen LogP contribution < -0.4 is 66.3 Å². The summed E-state index contributed by atoms with van der Waals surface area (Å²) in [4.78, 5) is 0. The monoisotopic (exact) mass is 302 g/mol. The van der Waals surface area contributed by atoms with Crippen LogP contribution in [0.5, 0.6) is 11.5 Å². The molecule has 0 aliphatic carbocycles. The summed E-state index contributed by atoms with van der Waals surface area (Å²) in [7, 11) is 2.78. The number of ether oxygens (including phenoxy) is 3. The third-order valence-corrected chi connectivity index (χ3v) is 2.30. The van der Waals surface area contributed by atoms with Crippen molar-refractivity contribution in [3.8, 4) is 11.5 Å². The molecule has 0 saturated heterocycles. The van der Waals surface area contributed by atoms with Crippen molar-refractivity contribution in [1.82, 2.24) is 0 Å². The van der Waals surface area contributed by atoms with Crippen molar-refractivity contribution in [2.45, 2.75) is 13.0 Å². The van der Waals surface area contributed by atoms with E-state index < -0.39 is 18.5 Å². The maximum Gasteiger partial charge on any atom is 1.00 e. The van der Waals surface area contributed by atoms with Crippen LogP contribution in [0.2, 0.25) is 0 Å². The molecular formula is C11H15BF3KO3. The van der Waals surface area contributed by atoms with Crippen LogP contribution in [0.1, 0.15) is 6.92 Å². The first-order valence-electron chi connectivity index (χ1n) is 5.42. The van der Waals surface area contributed by atoms with Gasteiger partial charge in [-0.1, -0.05) is 5.46 Å². The number of hydrogen-bond acceptors (Lipinski definition) is 3. The summed E-state index contributed by atoms with van der Waals surface area (Å²) in [6.07, 6.45) is -0.458. The number of hydrogen-bond donors (Lipinski definition) is 0. The van der Waals surface area contributed by atoms with Gasteiger partial charge in [0.2, 0.25) is 0 Å². The van der Waals surface area contributed by atoms with E-state index in [9.17, 15) is 12.9 Å². The fourth-order valence-corrected chi connectivity index (χ4v) is 1.50. The Morgan fingerprint density at radius 1 is 1.21 bits per heavy atom. The van der Waals surface area contributed by atoms with Crippen LogP contribution in [0.15, 0.2) is 18.2 Å². The predicted molar refractivity (Wildman–Crippen MR) is 63.7 cm³/mol. The average molecular weight is 302 g/mol. The van der Waals surface area contributed by atoms with E-state index in [0.717, 1.165) is 6.07 Å². The molecule has 0 radical (unpaired) electrons. The van der Waals surface area contributed by atoms with E-state index in [4.69, 9.17) is 14.2 Å². The first-order chi connectivity index (χ1) is 8.38. The Labute approximate surface area is 153 Å². The Morgan fingerprint density at radius 3 is 2.32 bits per heavy atom. The summed E-state index contributed by atoms with van der Waals surface area (Å²) >= 11 is 0. The van der Waals surface area contributed by atoms with Gasteiger partial charge in [0.05, 0.1) is 19.5 Å². The number of methoxy groups -OCH3 is 2. The maximum atomic E-state index is 12.9.